The van der Waals surface area contributed by atoms with Crippen LogP contribution in [-0.2, 0) is 6.42 Å². The zero-order valence-corrected chi connectivity index (χ0v) is 15.5. The number of aliphatic hydroxyl groups is 1. The van der Waals surface area contributed by atoms with Crippen molar-refractivity contribution in [2.24, 2.45) is 5.92 Å². The Hall–Kier alpha value is -1.73. The Balaban J connectivity index is 1.98. The standard InChI is InChI=1S/C21H29NO3/c1-4-5-6-7-14-10-17(23)19-15-12-21(24,13-22)9-8-16(15)20(2,3)25-18(19)11-14/h10-11,15-16,23-24H,4-9,12H2,1-3H3/t15-,16-,21-/m0/s1. The Morgan fingerprint density at radius 2 is 2.08 bits per heavy atom. The Labute approximate surface area is 150 Å². The second kappa shape index (κ2) is 6.53. The maximum atomic E-state index is 10.7. The molecule has 136 valence electrons. The van der Waals surface area contributed by atoms with Crippen molar-refractivity contribution in [2.45, 2.75) is 82.8 Å². The molecule has 3 atom stereocenters. The third-order valence-corrected chi connectivity index (χ3v) is 6.01. The molecule has 1 heterocycles. The van der Waals surface area contributed by atoms with E-state index in [0.29, 0.717) is 12.8 Å². The Kier molecular flexibility index (Phi) is 4.72. The fourth-order valence-electron chi connectivity index (χ4n) is 4.65. The van der Waals surface area contributed by atoms with Gasteiger partial charge >= 0.3 is 0 Å². The molecule has 0 unspecified atom stereocenters. The summed E-state index contributed by atoms with van der Waals surface area (Å²) in [6.45, 7) is 6.33. The van der Waals surface area contributed by atoms with Gasteiger partial charge in [-0.15, -0.1) is 0 Å². The first-order valence-electron chi connectivity index (χ1n) is 9.48. The van der Waals surface area contributed by atoms with Crippen LogP contribution in [0.25, 0.3) is 0 Å². The van der Waals surface area contributed by atoms with Crippen molar-refractivity contribution in [3.05, 3.63) is 23.3 Å². The van der Waals surface area contributed by atoms with Crippen molar-refractivity contribution in [3.63, 3.8) is 0 Å². The average Bonchev–Trinajstić information content (AvgIpc) is 2.53. The summed E-state index contributed by atoms with van der Waals surface area (Å²) in [5.74, 6) is 1.10. The summed E-state index contributed by atoms with van der Waals surface area (Å²) in [5.41, 5.74) is 0.184. The third-order valence-electron chi connectivity index (χ3n) is 6.01. The molecule has 0 saturated heterocycles. The normalized spacial score (nSPS) is 29.9. The molecule has 3 rings (SSSR count). The fraction of sp³-hybridized carbons (Fsp3) is 0.667. The maximum absolute atomic E-state index is 10.7. The van der Waals surface area contributed by atoms with Gasteiger partial charge < -0.3 is 14.9 Å². The summed E-state index contributed by atoms with van der Waals surface area (Å²) in [6.07, 6.45) is 5.90. The number of hydrogen-bond donors (Lipinski definition) is 2. The molecule has 4 heteroatoms. The van der Waals surface area contributed by atoms with Gasteiger partial charge in [-0.2, -0.15) is 5.26 Å². The van der Waals surface area contributed by atoms with Gasteiger partial charge in [0.25, 0.3) is 0 Å². The van der Waals surface area contributed by atoms with E-state index in [1.807, 2.05) is 12.1 Å². The van der Waals surface area contributed by atoms with Gasteiger partial charge in [-0.05, 0) is 63.6 Å². The van der Waals surface area contributed by atoms with Crippen molar-refractivity contribution in [3.8, 4) is 17.6 Å². The van der Waals surface area contributed by atoms with Crippen LogP contribution in [0.15, 0.2) is 12.1 Å². The Morgan fingerprint density at radius 3 is 2.76 bits per heavy atom. The van der Waals surface area contributed by atoms with Gasteiger partial charge in [0, 0.05) is 17.4 Å². The average molecular weight is 343 g/mol. The highest BCUT2D eigenvalue weighted by molar-refractivity contribution is 5.52. The summed E-state index contributed by atoms with van der Waals surface area (Å²) in [7, 11) is 0. The number of nitriles is 1. The molecule has 0 spiro atoms. The highest BCUT2D eigenvalue weighted by Crippen LogP contribution is 2.56. The summed E-state index contributed by atoms with van der Waals surface area (Å²) in [4.78, 5) is 0. The Morgan fingerprint density at radius 1 is 1.32 bits per heavy atom. The number of unbranched alkanes of at least 4 members (excludes halogenated alkanes) is 2. The molecule has 1 saturated carbocycles. The molecule has 0 bridgehead atoms. The molecule has 1 aliphatic heterocycles. The van der Waals surface area contributed by atoms with Gasteiger partial charge in [-0.25, -0.2) is 0 Å². The van der Waals surface area contributed by atoms with Crippen molar-refractivity contribution in [2.75, 3.05) is 0 Å². The van der Waals surface area contributed by atoms with E-state index in [9.17, 15) is 15.5 Å². The van der Waals surface area contributed by atoms with E-state index in [-0.39, 0.29) is 23.2 Å². The zero-order chi connectivity index (χ0) is 18.2. The van der Waals surface area contributed by atoms with Gasteiger partial charge in [-0.3, -0.25) is 0 Å². The molecule has 25 heavy (non-hydrogen) atoms. The molecule has 0 amide bonds. The van der Waals surface area contributed by atoms with Crippen LogP contribution in [0, 0.1) is 17.2 Å². The molecular weight excluding hydrogens is 314 g/mol. The summed E-state index contributed by atoms with van der Waals surface area (Å²) in [6, 6.07) is 5.95. The molecule has 1 aromatic rings. The first-order chi connectivity index (χ1) is 11.8. The molecule has 2 aliphatic rings. The van der Waals surface area contributed by atoms with Crippen LogP contribution >= 0.6 is 0 Å². The number of aryl methyl sites for hydroxylation is 1. The second-order valence-electron chi connectivity index (χ2n) is 8.29. The Bertz CT molecular complexity index is 691. The molecule has 0 radical (unpaired) electrons. The SMILES string of the molecule is CCCCCc1cc(O)c2c(c1)OC(C)(C)[C@H]1CC[C@@](O)(C#N)C[C@H]21. The van der Waals surface area contributed by atoms with Crippen molar-refractivity contribution < 1.29 is 14.9 Å². The van der Waals surface area contributed by atoms with Gasteiger partial charge in [0.05, 0.1) is 6.07 Å². The number of benzene rings is 1. The van der Waals surface area contributed by atoms with E-state index in [1.54, 1.807) is 0 Å². The number of hydrogen-bond acceptors (Lipinski definition) is 4. The van der Waals surface area contributed by atoms with Crippen LogP contribution in [0.5, 0.6) is 11.5 Å². The smallest absolute Gasteiger partial charge is 0.151 e. The molecule has 1 fully saturated rings. The lowest BCUT2D eigenvalue weighted by Crippen LogP contribution is -2.50. The monoisotopic (exact) mass is 343 g/mol. The summed E-state index contributed by atoms with van der Waals surface area (Å²) >= 11 is 0. The lowest BCUT2D eigenvalue weighted by Gasteiger charge is -2.49. The van der Waals surface area contributed by atoms with E-state index in [1.165, 1.54) is 6.42 Å². The van der Waals surface area contributed by atoms with E-state index < -0.39 is 5.60 Å². The number of phenolic OH excluding ortho intramolecular Hbond substituents is 1. The van der Waals surface area contributed by atoms with Crippen molar-refractivity contribution in [1.29, 1.82) is 5.26 Å². The summed E-state index contributed by atoms with van der Waals surface area (Å²) in [5, 5.41) is 30.6. The minimum Gasteiger partial charge on any atom is -0.508 e. The van der Waals surface area contributed by atoms with E-state index in [4.69, 9.17) is 4.74 Å². The van der Waals surface area contributed by atoms with Crippen molar-refractivity contribution >= 4 is 0 Å². The van der Waals surface area contributed by atoms with Gasteiger partial charge in [0.2, 0.25) is 0 Å². The molecule has 0 aromatic heterocycles. The topological polar surface area (TPSA) is 73.5 Å². The predicted molar refractivity (Wildman–Crippen MR) is 96.7 cm³/mol. The van der Waals surface area contributed by atoms with Crippen LogP contribution in [0.4, 0.5) is 0 Å². The first-order valence-corrected chi connectivity index (χ1v) is 9.48. The molecular formula is C21H29NO3. The molecule has 1 aromatic carbocycles. The van der Waals surface area contributed by atoms with E-state index >= 15 is 0 Å². The van der Waals surface area contributed by atoms with Gasteiger partial charge in [0.15, 0.2) is 5.60 Å². The predicted octanol–water partition coefficient (Wildman–Crippen LogP) is 4.43. The number of aromatic hydroxyl groups is 1. The maximum Gasteiger partial charge on any atom is 0.151 e. The van der Waals surface area contributed by atoms with Crippen LogP contribution < -0.4 is 4.74 Å². The number of ether oxygens (including phenoxy) is 1. The summed E-state index contributed by atoms with van der Waals surface area (Å²) < 4.78 is 6.29. The van der Waals surface area contributed by atoms with Crippen molar-refractivity contribution in [1.82, 2.24) is 0 Å². The third kappa shape index (κ3) is 3.35. The minimum absolute atomic E-state index is 0.0539. The first kappa shape index (κ1) is 18.1. The van der Waals surface area contributed by atoms with Crippen LogP contribution in [0.3, 0.4) is 0 Å². The second-order valence-corrected chi connectivity index (χ2v) is 8.29. The molecule has 1 aliphatic carbocycles. The number of fused-ring (bicyclic) bond motifs is 3. The zero-order valence-electron chi connectivity index (χ0n) is 15.5. The van der Waals surface area contributed by atoms with Gasteiger partial charge in [-0.1, -0.05) is 19.8 Å². The van der Waals surface area contributed by atoms with Gasteiger partial charge in [0.1, 0.15) is 17.1 Å². The lowest BCUT2D eigenvalue weighted by atomic mass is 9.62. The largest absolute Gasteiger partial charge is 0.508 e. The molecule has 2 N–H and O–H groups in total. The van der Waals surface area contributed by atoms with Crippen LogP contribution in [-0.4, -0.2) is 21.4 Å². The van der Waals surface area contributed by atoms with E-state index in [0.717, 1.165) is 42.6 Å². The van der Waals surface area contributed by atoms with Crippen LogP contribution in [0.2, 0.25) is 0 Å². The highest BCUT2D eigenvalue weighted by atomic mass is 16.5. The minimum atomic E-state index is -1.31. The number of rotatable bonds is 4. The van der Waals surface area contributed by atoms with E-state index in [2.05, 4.69) is 26.8 Å². The number of nitrogens with zero attached hydrogens (tertiary/aromatic N) is 1. The van der Waals surface area contributed by atoms with Crippen LogP contribution in [0.1, 0.15) is 76.3 Å². The lowest BCUT2D eigenvalue weighted by molar-refractivity contribution is -0.0517. The highest BCUT2D eigenvalue weighted by Gasteiger charge is 2.51. The fourth-order valence-corrected chi connectivity index (χ4v) is 4.65. The number of phenols is 1. The molecule has 4 nitrogen and oxygen atoms in total. The quantitative estimate of drug-likeness (QED) is 0.626.